The van der Waals surface area contributed by atoms with E-state index in [0.29, 0.717) is 0 Å². The predicted molar refractivity (Wildman–Crippen MR) is 123 cm³/mol. The molecule has 0 spiro atoms. The van der Waals surface area contributed by atoms with Crippen molar-refractivity contribution in [1.29, 1.82) is 0 Å². The van der Waals surface area contributed by atoms with Crippen molar-refractivity contribution in [2.45, 2.75) is 92.4 Å². The van der Waals surface area contributed by atoms with Crippen LogP contribution in [0.25, 0.3) is 10.9 Å². The molecule has 0 aliphatic rings. The quantitative estimate of drug-likeness (QED) is 0.268. The van der Waals surface area contributed by atoms with Crippen LogP contribution in [0.2, 0.25) is 0 Å². The van der Waals surface area contributed by atoms with Gasteiger partial charge in [-0.15, -0.1) is 0 Å². The van der Waals surface area contributed by atoms with Crippen LogP contribution in [0.15, 0.2) is 20.7 Å². The average Bonchev–Trinajstić information content (AvgIpc) is 2.42. The molecule has 8 nitrogen and oxygen atoms in total. The van der Waals surface area contributed by atoms with E-state index in [1.54, 1.807) is 0 Å². The fourth-order valence-corrected chi connectivity index (χ4v) is 0.927. The Morgan fingerprint density at radius 1 is 0.621 bits per heavy atom. The van der Waals surface area contributed by atoms with E-state index in [2.05, 4.69) is 69.5 Å². The maximum Gasteiger partial charge on any atom is 4.00 e. The van der Waals surface area contributed by atoms with Gasteiger partial charge in [-0.1, -0.05) is 69.2 Å². The minimum Gasteiger partial charge on any atom is -0.379 e. The van der Waals surface area contributed by atoms with Crippen molar-refractivity contribution < 1.29 is 17.1 Å². The second-order valence-corrected chi connectivity index (χ2v) is 9.75. The van der Waals surface area contributed by atoms with Crippen molar-refractivity contribution in [2.24, 2.45) is 20.7 Å². The van der Waals surface area contributed by atoms with Crippen LogP contribution in [0, 0.1) is 0 Å². The monoisotopic (exact) mass is 456 g/mol. The first-order chi connectivity index (χ1) is 12.5. The topological polar surface area (TPSA) is 84.1 Å². The van der Waals surface area contributed by atoms with E-state index in [9.17, 15) is 0 Å². The van der Waals surface area contributed by atoms with Gasteiger partial charge in [-0.25, -0.2) is 0 Å². The van der Waals surface area contributed by atoms with Gasteiger partial charge in [0.1, 0.15) is 0 Å². The fraction of sp³-hybridized carbons (Fsp3) is 1.00. The third kappa shape index (κ3) is 52.2. The van der Waals surface area contributed by atoms with Crippen molar-refractivity contribution in [3.05, 3.63) is 10.9 Å². The van der Waals surface area contributed by atoms with E-state index in [0.717, 1.165) is 13.1 Å². The van der Waals surface area contributed by atoms with Gasteiger partial charge < -0.3 is 30.9 Å². The maximum absolute atomic E-state index is 3.96. The summed E-state index contributed by atoms with van der Waals surface area (Å²) in [6.07, 6.45) is 0. The van der Waals surface area contributed by atoms with E-state index >= 15 is 0 Å². The minimum atomic E-state index is -0.0988. The van der Waals surface area contributed by atoms with Crippen LogP contribution in [0.1, 0.15) is 69.2 Å². The van der Waals surface area contributed by atoms with E-state index in [4.69, 9.17) is 0 Å². The Morgan fingerprint density at radius 3 is 1.00 bits per heavy atom. The first-order valence-corrected chi connectivity index (χ1v) is 9.99. The van der Waals surface area contributed by atoms with Crippen molar-refractivity contribution in [1.82, 2.24) is 9.80 Å². The standard InChI is InChI=1S/2C7H16N3.C6H16N2.Fe/c2*1-6(2)8-10-9-7(3,4)5;1-7(2)5-6-8(3)4;/h2*6H,1-5H3;5-6H2,1-4H3;/q2*-1;;+4. The number of hydrogen-bond donors (Lipinski definition) is 0. The zero-order valence-corrected chi connectivity index (χ0v) is 22.6. The molecular weight excluding hydrogens is 408 g/mol. The summed E-state index contributed by atoms with van der Waals surface area (Å²) in [6, 6.07) is 0.484. The molecule has 0 bridgehead atoms. The first-order valence-electron chi connectivity index (χ1n) is 9.99. The van der Waals surface area contributed by atoms with E-state index in [1.807, 2.05) is 69.2 Å². The van der Waals surface area contributed by atoms with Gasteiger partial charge in [0.2, 0.25) is 0 Å². The van der Waals surface area contributed by atoms with Crippen LogP contribution in [0.3, 0.4) is 0 Å². The molecule has 174 valence electrons. The second-order valence-electron chi connectivity index (χ2n) is 9.75. The van der Waals surface area contributed by atoms with Crippen LogP contribution in [-0.4, -0.2) is 74.2 Å². The minimum absolute atomic E-state index is 0. The summed E-state index contributed by atoms with van der Waals surface area (Å²) in [5.41, 5.74) is 7.54. The van der Waals surface area contributed by atoms with Crippen LogP contribution in [-0.2, 0) is 17.1 Å². The van der Waals surface area contributed by atoms with Gasteiger partial charge in [0.25, 0.3) is 0 Å². The van der Waals surface area contributed by atoms with Gasteiger partial charge in [-0.05, 0) is 51.4 Å². The third-order valence-corrected chi connectivity index (χ3v) is 2.25. The van der Waals surface area contributed by atoms with Gasteiger partial charge in [-0.3, -0.25) is 10.4 Å². The van der Waals surface area contributed by atoms with Crippen molar-refractivity contribution >= 4 is 0 Å². The Kier molecular flexibility index (Phi) is 23.6. The largest absolute Gasteiger partial charge is 4.00 e. The molecule has 0 aromatic carbocycles. The molecule has 0 saturated carbocycles. The summed E-state index contributed by atoms with van der Waals surface area (Å²) in [4.78, 5) is 4.36. The SMILES string of the molecule is CC(C)[N-]N=NC(C)(C)C.CC(C)[N-]N=NC(C)(C)C.CN(C)CCN(C)C.[Fe+4]. The van der Waals surface area contributed by atoms with Gasteiger partial charge >= 0.3 is 17.1 Å². The van der Waals surface area contributed by atoms with Gasteiger partial charge in [0, 0.05) is 13.1 Å². The van der Waals surface area contributed by atoms with Gasteiger partial charge in [0.15, 0.2) is 0 Å². The Balaban J connectivity index is -0.000000160. The summed E-state index contributed by atoms with van der Waals surface area (Å²) in [6.45, 7) is 22.1. The molecule has 0 N–H and O–H groups in total. The molecule has 0 aliphatic carbocycles. The Labute approximate surface area is 192 Å². The number of rotatable bonds is 7. The fourth-order valence-electron chi connectivity index (χ4n) is 0.927. The molecule has 0 atom stereocenters. The zero-order valence-electron chi connectivity index (χ0n) is 21.5. The summed E-state index contributed by atoms with van der Waals surface area (Å²) >= 11 is 0. The Hall–Kier alpha value is -0.761. The smallest absolute Gasteiger partial charge is 0.379 e. The van der Waals surface area contributed by atoms with Crippen LogP contribution in [0.4, 0.5) is 0 Å². The molecule has 0 radical (unpaired) electrons. The van der Waals surface area contributed by atoms with E-state index in [-0.39, 0.29) is 40.2 Å². The number of nitrogens with zero attached hydrogens (tertiary/aromatic N) is 8. The molecule has 0 fully saturated rings. The number of likely N-dealkylation sites (N-methyl/N-ethyl adjacent to an activating group) is 2. The molecule has 0 aromatic rings. The Morgan fingerprint density at radius 2 is 0.862 bits per heavy atom. The molecule has 0 aromatic heterocycles. The maximum atomic E-state index is 3.96. The summed E-state index contributed by atoms with van der Waals surface area (Å²) < 4.78 is 0. The molecule has 0 heterocycles. The predicted octanol–water partition coefficient (Wildman–Crippen LogP) is 5.98. The van der Waals surface area contributed by atoms with E-state index in [1.165, 1.54) is 0 Å². The molecule has 0 saturated heterocycles. The van der Waals surface area contributed by atoms with Crippen molar-refractivity contribution in [3.8, 4) is 0 Å². The molecule has 0 unspecified atom stereocenters. The number of hydrogen-bond acceptors (Lipinski definition) is 6. The molecule has 9 heteroatoms. The molecule has 0 rings (SSSR count). The average molecular weight is 457 g/mol. The normalized spacial score (nSPS) is 12.1. The zero-order chi connectivity index (χ0) is 23.0. The van der Waals surface area contributed by atoms with Crippen LogP contribution >= 0.6 is 0 Å². The van der Waals surface area contributed by atoms with Gasteiger partial charge in [-0.2, -0.15) is 0 Å². The van der Waals surface area contributed by atoms with Crippen LogP contribution in [0.5, 0.6) is 0 Å². The van der Waals surface area contributed by atoms with E-state index < -0.39 is 0 Å². The molecule has 29 heavy (non-hydrogen) atoms. The third-order valence-electron chi connectivity index (χ3n) is 2.25. The first kappa shape index (κ1) is 35.7. The summed E-state index contributed by atoms with van der Waals surface area (Å²) in [5.74, 6) is 0. The van der Waals surface area contributed by atoms with Crippen LogP contribution < -0.4 is 0 Å². The summed E-state index contributed by atoms with van der Waals surface area (Å²) in [5, 5.41) is 15.3. The Bertz CT molecular complexity index is 356. The molecule has 0 amide bonds. The molecular formula is C20H48FeN8+2. The molecule has 0 aliphatic heterocycles. The summed E-state index contributed by atoms with van der Waals surface area (Å²) in [7, 11) is 8.35. The van der Waals surface area contributed by atoms with Crippen molar-refractivity contribution in [3.63, 3.8) is 0 Å². The van der Waals surface area contributed by atoms with Gasteiger partial charge in [0.05, 0.1) is 0 Å². The second kappa shape index (κ2) is 19.2. The van der Waals surface area contributed by atoms with Crippen molar-refractivity contribution in [2.75, 3.05) is 41.3 Å².